The summed E-state index contributed by atoms with van der Waals surface area (Å²) >= 11 is 1.94. The van der Waals surface area contributed by atoms with Gasteiger partial charge in [0, 0.05) is 37.0 Å². The molecule has 1 unspecified atom stereocenters. The molecule has 0 amide bonds. The third-order valence-electron chi connectivity index (χ3n) is 2.68. The summed E-state index contributed by atoms with van der Waals surface area (Å²) in [5.74, 6) is 1.25. The first-order valence-corrected chi connectivity index (χ1v) is 6.42. The van der Waals surface area contributed by atoms with Gasteiger partial charge in [0.1, 0.15) is 0 Å². The van der Waals surface area contributed by atoms with Crippen molar-refractivity contribution in [1.82, 2.24) is 10.2 Å². The molecule has 1 fully saturated rings. The lowest BCUT2D eigenvalue weighted by Gasteiger charge is -2.43. The second-order valence-electron chi connectivity index (χ2n) is 4.58. The fourth-order valence-corrected chi connectivity index (χ4v) is 2.20. The molecule has 0 spiro atoms. The lowest BCUT2D eigenvalue weighted by Crippen LogP contribution is -2.61. The molecule has 1 aliphatic heterocycles. The molecule has 13 heavy (non-hydrogen) atoms. The van der Waals surface area contributed by atoms with Gasteiger partial charge in [-0.1, -0.05) is 0 Å². The summed E-state index contributed by atoms with van der Waals surface area (Å²) in [5.41, 5.74) is 0.297. The molecule has 78 valence electrons. The van der Waals surface area contributed by atoms with Crippen molar-refractivity contribution in [2.45, 2.75) is 32.4 Å². The number of rotatable bonds is 3. The summed E-state index contributed by atoms with van der Waals surface area (Å²) in [6.45, 7) is 10.4. The van der Waals surface area contributed by atoms with Gasteiger partial charge >= 0.3 is 0 Å². The molecule has 3 heteroatoms. The third kappa shape index (κ3) is 3.49. The maximum absolute atomic E-state index is 3.57. The zero-order chi connectivity index (χ0) is 9.90. The van der Waals surface area contributed by atoms with Gasteiger partial charge in [0.25, 0.3) is 0 Å². The minimum atomic E-state index is 0.297. The van der Waals surface area contributed by atoms with E-state index in [0.29, 0.717) is 11.6 Å². The van der Waals surface area contributed by atoms with Crippen molar-refractivity contribution in [3.05, 3.63) is 0 Å². The van der Waals surface area contributed by atoms with Crippen LogP contribution in [0.15, 0.2) is 0 Å². The zero-order valence-electron chi connectivity index (χ0n) is 9.26. The van der Waals surface area contributed by atoms with E-state index >= 15 is 0 Å². The minimum absolute atomic E-state index is 0.297. The van der Waals surface area contributed by atoms with Gasteiger partial charge in [-0.2, -0.15) is 11.8 Å². The van der Waals surface area contributed by atoms with Gasteiger partial charge < -0.3 is 5.32 Å². The first-order valence-electron chi connectivity index (χ1n) is 5.03. The Morgan fingerprint density at radius 2 is 2.23 bits per heavy atom. The summed E-state index contributed by atoms with van der Waals surface area (Å²) in [6, 6.07) is 0.695. The minimum Gasteiger partial charge on any atom is -0.309 e. The maximum Gasteiger partial charge on any atom is 0.0252 e. The Morgan fingerprint density at radius 1 is 1.54 bits per heavy atom. The van der Waals surface area contributed by atoms with Crippen molar-refractivity contribution >= 4 is 11.8 Å². The van der Waals surface area contributed by atoms with Crippen molar-refractivity contribution < 1.29 is 0 Å². The highest BCUT2D eigenvalue weighted by molar-refractivity contribution is 7.98. The Morgan fingerprint density at radius 3 is 2.85 bits per heavy atom. The smallest absolute Gasteiger partial charge is 0.0252 e. The van der Waals surface area contributed by atoms with Crippen LogP contribution in [0.1, 0.15) is 20.8 Å². The molecule has 1 aliphatic rings. The van der Waals surface area contributed by atoms with Crippen molar-refractivity contribution in [3.63, 3.8) is 0 Å². The van der Waals surface area contributed by atoms with Crippen LogP contribution in [-0.4, -0.2) is 48.1 Å². The summed E-state index contributed by atoms with van der Waals surface area (Å²) in [6.07, 6.45) is 2.18. The van der Waals surface area contributed by atoms with E-state index in [0.717, 1.165) is 6.54 Å². The maximum atomic E-state index is 3.57. The Bertz CT molecular complexity index is 159. The van der Waals surface area contributed by atoms with Crippen LogP contribution in [-0.2, 0) is 0 Å². The van der Waals surface area contributed by atoms with Gasteiger partial charge in [-0.25, -0.2) is 0 Å². The fourth-order valence-electron chi connectivity index (χ4n) is 1.78. The fraction of sp³-hybridized carbons (Fsp3) is 1.00. The van der Waals surface area contributed by atoms with Crippen molar-refractivity contribution in [3.8, 4) is 0 Å². The van der Waals surface area contributed by atoms with Gasteiger partial charge in [0.15, 0.2) is 0 Å². The highest BCUT2D eigenvalue weighted by Crippen LogP contribution is 2.14. The average Bonchev–Trinajstić information content (AvgIpc) is 2.07. The van der Waals surface area contributed by atoms with E-state index in [1.54, 1.807) is 0 Å². The van der Waals surface area contributed by atoms with Crippen molar-refractivity contribution in [2.75, 3.05) is 31.6 Å². The molecule has 0 aromatic rings. The van der Waals surface area contributed by atoms with Crippen molar-refractivity contribution in [2.24, 2.45) is 0 Å². The topological polar surface area (TPSA) is 15.3 Å². The molecule has 0 aromatic carbocycles. The van der Waals surface area contributed by atoms with Crippen LogP contribution in [0.2, 0.25) is 0 Å². The molecular formula is C10H22N2S. The van der Waals surface area contributed by atoms with Gasteiger partial charge in [0.2, 0.25) is 0 Å². The van der Waals surface area contributed by atoms with Crippen LogP contribution in [0, 0.1) is 0 Å². The van der Waals surface area contributed by atoms with Crippen LogP contribution >= 0.6 is 11.8 Å². The molecule has 0 bridgehead atoms. The molecule has 1 atom stereocenters. The molecule has 0 radical (unpaired) electrons. The summed E-state index contributed by atoms with van der Waals surface area (Å²) in [4.78, 5) is 2.59. The number of thioether (sulfide) groups is 1. The van der Waals surface area contributed by atoms with Crippen LogP contribution < -0.4 is 5.32 Å². The zero-order valence-corrected chi connectivity index (χ0v) is 10.1. The normalized spacial score (nSPS) is 29.1. The van der Waals surface area contributed by atoms with Crippen molar-refractivity contribution in [1.29, 1.82) is 0 Å². The molecular weight excluding hydrogens is 180 g/mol. The highest BCUT2D eigenvalue weighted by Gasteiger charge is 2.29. The Labute approximate surface area is 86.5 Å². The second-order valence-corrected chi connectivity index (χ2v) is 5.56. The summed E-state index contributed by atoms with van der Waals surface area (Å²) < 4.78 is 0. The van der Waals surface area contributed by atoms with E-state index in [1.807, 2.05) is 11.8 Å². The lowest BCUT2D eigenvalue weighted by atomic mass is 9.99. The largest absolute Gasteiger partial charge is 0.309 e. The number of piperazine rings is 1. The van der Waals surface area contributed by atoms with Crippen LogP contribution in [0.3, 0.4) is 0 Å². The SMILES string of the molecule is CSCCN1CC(C)(C)NCC1C. The molecule has 1 rings (SSSR count). The number of hydrogen-bond donors (Lipinski definition) is 1. The lowest BCUT2D eigenvalue weighted by molar-refractivity contribution is 0.112. The molecule has 2 nitrogen and oxygen atoms in total. The standard InChI is InChI=1S/C10H22N2S/c1-9-7-11-10(2,3)8-12(9)5-6-13-4/h9,11H,5-8H2,1-4H3. The predicted molar refractivity (Wildman–Crippen MR) is 61.5 cm³/mol. The van der Waals surface area contributed by atoms with E-state index in [9.17, 15) is 0 Å². The molecule has 1 saturated heterocycles. The van der Waals surface area contributed by atoms with E-state index < -0.39 is 0 Å². The van der Waals surface area contributed by atoms with Gasteiger partial charge in [-0.15, -0.1) is 0 Å². The van der Waals surface area contributed by atoms with E-state index in [1.165, 1.54) is 18.8 Å². The Hall–Kier alpha value is 0.270. The molecule has 0 aromatic heterocycles. The van der Waals surface area contributed by atoms with E-state index in [-0.39, 0.29) is 0 Å². The summed E-state index contributed by atoms with van der Waals surface area (Å²) in [5, 5.41) is 3.57. The quantitative estimate of drug-likeness (QED) is 0.745. The third-order valence-corrected chi connectivity index (χ3v) is 3.27. The van der Waals surface area contributed by atoms with Crippen LogP contribution in [0.5, 0.6) is 0 Å². The van der Waals surface area contributed by atoms with E-state index in [2.05, 4.69) is 37.2 Å². The predicted octanol–water partition coefficient (Wildman–Crippen LogP) is 1.42. The van der Waals surface area contributed by atoms with Gasteiger partial charge in [-0.3, -0.25) is 4.90 Å². The molecule has 1 N–H and O–H groups in total. The van der Waals surface area contributed by atoms with E-state index in [4.69, 9.17) is 0 Å². The second kappa shape index (κ2) is 4.67. The highest BCUT2D eigenvalue weighted by atomic mass is 32.2. The Kier molecular flexibility index (Phi) is 4.07. The van der Waals surface area contributed by atoms with Crippen LogP contribution in [0.4, 0.5) is 0 Å². The summed E-state index contributed by atoms with van der Waals surface area (Å²) in [7, 11) is 0. The molecule has 0 saturated carbocycles. The number of nitrogens with zero attached hydrogens (tertiary/aromatic N) is 1. The number of nitrogens with one attached hydrogen (secondary N) is 1. The first kappa shape index (κ1) is 11.3. The molecule has 0 aliphatic carbocycles. The average molecular weight is 202 g/mol. The van der Waals surface area contributed by atoms with Crippen LogP contribution in [0.25, 0.3) is 0 Å². The monoisotopic (exact) mass is 202 g/mol. The molecule has 1 heterocycles. The number of hydrogen-bond acceptors (Lipinski definition) is 3. The Balaban J connectivity index is 2.41. The van der Waals surface area contributed by atoms with Gasteiger partial charge in [-0.05, 0) is 27.0 Å². The van der Waals surface area contributed by atoms with Gasteiger partial charge in [0.05, 0.1) is 0 Å². The first-order chi connectivity index (χ1) is 6.05.